The Hall–Kier alpha value is -1.14. The molecule has 1 aromatic rings. The summed E-state index contributed by atoms with van der Waals surface area (Å²) in [5.74, 6) is 1.55. The van der Waals surface area contributed by atoms with Crippen molar-refractivity contribution in [2.45, 2.75) is 13.0 Å². The first-order valence-electron chi connectivity index (χ1n) is 6.18. The van der Waals surface area contributed by atoms with Crippen LogP contribution in [0.4, 0.5) is 5.69 Å². The molecule has 1 aliphatic heterocycles. The topological polar surface area (TPSA) is 68.3 Å². The van der Waals surface area contributed by atoms with Gasteiger partial charge in [0.25, 0.3) is 5.56 Å². The number of aryl methyl sites for hydroxylation is 1. The highest BCUT2D eigenvalue weighted by atomic mass is 32.2. The fraction of sp³-hybridized carbons (Fsp3) is 0.583. The first-order valence-corrected chi connectivity index (χ1v) is 7.67. The normalized spacial score (nSPS) is 18.0. The van der Waals surface area contributed by atoms with E-state index in [0.717, 1.165) is 37.6 Å². The van der Waals surface area contributed by atoms with Gasteiger partial charge in [-0.25, -0.2) is 0 Å². The zero-order valence-electron chi connectivity index (χ0n) is 10.4. The number of anilines is 1. The molecule has 2 heterocycles. The smallest absolute Gasteiger partial charge is 0.250 e. The van der Waals surface area contributed by atoms with Crippen LogP contribution in [-0.2, 0) is 17.3 Å². The first kappa shape index (κ1) is 13.3. The van der Waals surface area contributed by atoms with Gasteiger partial charge in [-0.1, -0.05) is 0 Å². The lowest BCUT2D eigenvalue weighted by Gasteiger charge is -2.25. The molecule has 2 N–H and O–H groups in total. The van der Waals surface area contributed by atoms with Gasteiger partial charge in [0.2, 0.25) is 0 Å². The summed E-state index contributed by atoms with van der Waals surface area (Å²) in [7, 11) is -0.623. The molecule has 2 rings (SSSR count). The summed E-state index contributed by atoms with van der Waals surface area (Å²) in [5.41, 5.74) is 6.26. The molecule has 18 heavy (non-hydrogen) atoms. The number of pyridine rings is 1. The molecule has 0 bridgehead atoms. The third kappa shape index (κ3) is 3.68. The van der Waals surface area contributed by atoms with Crippen molar-refractivity contribution in [2.75, 3.05) is 36.9 Å². The zero-order valence-corrected chi connectivity index (χ0v) is 11.2. The van der Waals surface area contributed by atoms with E-state index in [9.17, 15) is 9.00 Å². The SMILES string of the molecule is Nc1ccc(=O)n(CCCN2CCS(=O)CC2)c1. The van der Waals surface area contributed by atoms with Crippen LogP contribution in [0.25, 0.3) is 0 Å². The second-order valence-electron chi connectivity index (χ2n) is 4.54. The maximum Gasteiger partial charge on any atom is 0.250 e. The average molecular weight is 269 g/mol. The van der Waals surface area contributed by atoms with Gasteiger partial charge < -0.3 is 15.2 Å². The highest BCUT2D eigenvalue weighted by Crippen LogP contribution is 2.02. The largest absolute Gasteiger partial charge is 0.398 e. The highest BCUT2D eigenvalue weighted by molar-refractivity contribution is 7.85. The summed E-state index contributed by atoms with van der Waals surface area (Å²) in [6, 6.07) is 3.12. The number of aromatic nitrogens is 1. The van der Waals surface area contributed by atoms with Gasteiger partial charge in [-0.05, 0) is 19.0 Å². The second-order valence-corrected chi connectivity index (χ2v) is 6.23. The summed E-state index contributed by atoms with van der Waals surface area (Å²) >= 11 is 0. The highest BCUT2D eigenvalue weighted by Gasteiger charge is 2.14. The molecular weight excluding hydrogens is 250 g/mol. The number of nitrogens with two attached hydrogens (primary N) is 1. The molecule has 0 aliphatic carbocycles. The Bertz CT molecular complexity index is 476. The van der Waals surface area contributed by atoms with E-state index in [1.54, 1.807) is 16.8 Å². The minimum atomic E-state index is -0.623. The molecule has 100 valence electrons. The minimum absolute atomic E-state index is 0.0102. The van der Waals surface area contributed by atoms with E-state index in [0.29, 0.717) is 12.2 Å². The standard InChI is InChI=1S/C12H19N3O2S/c13-11-2-3-12(16)15(10-11)5-1-4-14-6-8-18(17)9-7-14/h2-3,10H,1,4-9,13H2. The molecule has 1 fully saturated rings. The summed E-state index contributed by atoms with van der Waals surface area (Å²) in [6.07, 6.45) is 2.60. The van der Waals surface area contributed by atoms with Gasteiger partial charge in [0.05, 0.1) is 0 Å². The molecule has 0 amide bonds. The molecule has 1 saturated heterocycles. The Labute approximate surface area is 109 Å². The molecular formula is C12H19N3O2S. The van der Waals surface area contributed by atoms with Crippen LogP contribution in [0.2, 0.25) is 0 Å². The molecule has 0 saturated carbocycles. The second kappa shape index (κ2) is 6.15. The van der Waals surface area contributed by atoms with Crippen molar-refractivity contribution in [2.24, 2.45) is 0 Å². The molecule has 0 aromatic carbocycles. The predicted molar refractivity (Wildman–Crippen MR) is 74.0 cm³/mol. The Morgan fingerprint density at radius 3 is 2.67 bits per heavy atom. The van der Waals surface area contributed by atoms with Crippen molar-refractivity contribution >= 4 is 16.5 Å². The molecule has 1 aromatic heterocycles. The van der Waals surface area contributed by atoms with Gasteiger partial charge in [-0.2, -0.15) is 0 Å². The lowest BCUT2D eigenvalue weighted by Crippen LogP contribution is -2.38. The maximum atomic E-state index is 11.6. The van der Waals surface area contributed by atoms with Crippen LogP contribution >= 0.6 is 0 Å². The van der Waals surface area contributed by atoms with Crippen molar-refractivity contribution < 1.29 is 4.21 Å². The van der Waals surface area contributed by atoms with Crippen molar-refractivity contribution in [1.82, 2.24) is 9.47 Å². The molecule has 5 nitrogen and oxygen atoms in total. The Kier molecular flexibility index (Phi) is 4.54. The van der Waals surface area contributed by atoms with Crippen LogP contribution in [0.5, 0.6) is 0 Å². The predicted octanol–water partition coefficient (Wildman–Crippen LogP) is -0.115. The van der Waals surface area contributed by atoms with Gasteiger partial charge in [-0.15, -0.1) is 0 Å². The Morgan fingerprint density at radius 2 is 1.94 bits per heavy atom. The molecule has 0 atom stereocenters. The molecule has 6 heteroatoms. The van der Waals surface area contributed by atoms with Crippen LogP contribution in [0.15, 0.2) is 23.1 Å². The summed E-state index contributed by atoms with van der Waals surface area (Å²) < 4.78 is 12.9. The lowest BCUT2D eigenvalue weighted by atomic mass is 10.3. The van der Waals surface area contributed by atoms with Gasteiger partial charge in [-0.3, -0.25) is 9.00 Å². The first-order chi connectivity index (χ1) is 8.65. The Morgan fingerprint density at radius 1 is 1.22 bits per heavy atom. The van der Waals surface area contributed by atoms with Crippen molar-refractivity contribution in [1.29, 1.82) is 0 Å². The Balaban J connectivity index is 1.80. The third-order valence-corrected chi connectivity index (χ3v) is 4.43. The summed E-state index contributed by atoms with van der Waals surface area (Å²) in [6.45, 7) is 3.43. The van der Waals surface area contributed by atoms with E-state index in [-0.39, 0.29) is 5.56 Å². The third-order valence-electron chi connectivity index (χ3n) is 3.15. The van der Waals surface area contributed by atoms with Crippen molar-refractivity contribution in [3.8, 4) is 0 Å². The van der Waals surface area contributed by atoms with Gasteiger partial charge >= 0.3 is 0 Å². The van der Waals surface area contributed by atoms with Crippen molar-refractivity contribution in [3.05, 3.63) is 28.7 Å². The fourth-order valence-electron chi connectivity index (χ4n) is 2.09. The van der Waals surface area contributed by atoms with Gasteiger partial charge in [0.1, 0.15) is 0 Å². The van der Waals surface area contributed by atoms with Crippen molar-refractivity contribution in [3.63, 3.8) is 0 Å². The molecule has 0 unspecified atom stereocenters. The van der Waals surface area contributed by atoms with Crippen LogP contribution in [0.3, 0.4) is 0 Å². The van der Waals surface area contributed by atoms with Crippen LogP contribution < -0.4 is 11.3 Å². The van der Waals surface area contributed by atoms with E-state index in [2.05, 4.69) is 4.90 Å². The monoisotopic (exact) mass is 269 g/mol. The van der Waals surface area contributed by atoms with E-state index >= 15 is 0 Å². The van der Waals surface area contributed by atoms with Gasteiger partial charge in [0.15, 0.2) is 0 Å². The summed E-state index contributed by atoms with van der Waals surface area (Å²) in [5, 5.41) is 0. The quantitative estimate of drug-likeness (QED) is 0.828. The molecule has 0 radical (unpaired) electrons. The number of nitrogen functional groups attached to an aromatic ring is 1. The van der Waals surface area contributed by atoms with E-state index < -0.39 is 10.8 Å². The number of rotatable bonds is 4. The number of hydrogen-bond donors (Lipinski definition) is 1. The number of hydrogen-bond acceptors (Lipinski definition) is 4. The minimum Gasteiger partial charge on any atom is -0.398 e. The maximum absolute atomic E-state index is 11.6. The fourth-order valence-corrected chi connectivity index (χ4v) is 3.22. The van der Waals surface area contributed by atoms with Crippen LogP contribution in [0.1, 0.15) is 6.42 Å². The molecule has 1 aliphatic rings. The summed E-state index contributed by atoms with van der Waals surface area (Å²) in [4.78, 5) is 13.9. The average Bonchev–Trinajstić information content (AvgIpc) is 2.36. The van der Waals surface area contributed by atoms with E-state index in [4.69, 9.17) is 5.73 Å². The van der Waals surface area contributed by atoms with Gasteiger partial charge in [0, 0.05) is 59.9 Å². The van der Waals surface area contributed by atoms with E-state index in [1.165, 1.54) is 6.07 Å². The number of nitrogens with zero attached hydrogens (tertiary/aromatic N) is 2. The van der Waals surface area contributed by atoms with E-state index in [1.807, 2.05) is 0 Å². The zero-order chi connectivity index (χ0) is 13.0. The molecule has 0 spiro atoms. The van der Waals surface area contributed by atoms with Crippen LogP contribution in [-0.4, -0.2) is 44.8 Å². The van der Waals surface area contributed by atoms with Crippen LogP contribution in [0, 0.1) is 0 Å². The lowest BCUT2D eigenvalue weighted by molar-refractivity contribution is 0.288.